The number of hydrogen-bond acceptors (Lipinski definition) is 3. The number of rotatable bonds is 4. The van der Waals surface area contributed by atoms with Crippen molar-refractivity contribution in [3.05, 3.63) is 78.0 Å². The molecule has 6 nitrogen and oxygen atoms in total. The topological polar surface area (TPSA) is 64.2 Å². The molecule has 4 aromatic rings. The SMILES string of the molecule is Cc1ccc(-c2cc(C(=O)NCc3ncc4ccccn34)nn2C)cc1. The van der Waals surface area contributed by atoms with E-state index in [1.165, 1.54) is 5.56 Å². The lowest BCUT2D eigenvalue weighted by Gasteiger charge is -2.02. The van der Waals surface area contributed by atoms with Gasteiger partial charge in [-0.05, 0) is 30.7 Å². The number of pyridine rings is 1. The van der Waals surface area contributed by atoms with Crippen LogP contribution in [-0.2, 0) is 13.6 Å². The number of hydrogen-bond donors (Lipinski definition) is 1. The van der Waals surface area contributed by atoms with Crippen molar-refractivity contribution in [1.29, 1.82) is 0 Å². The molecule has 26 heavy (non-hydrogen) atoms. The van der Waals surface area contributed by atoms with Gasteiger partial charge in [0.1, 0.15) is 5.82 Å². The summed E-state index contributed by atoms with van der Waals surface area (Å²) < 4.78 is 3.68. The monoisotopic (exact) mass is 345 g/mol. The number of carbonyl (C=O) groups excluding carboxylic acids is 1. The van der Waals surface area contributed by atoms with Gasteiger partial charge in [-0.2, -0.15) is 5.10 Å². The molecule has 0 saturated heterocycles. The quantitative estimate of drug-likeness (QED) is 0.618. The molecule has 0 bridgehead atoms. The highest BCUT2D eigenvalue weighted by molar-refractivity contribution is 5.93. The normalized spacial score (nSPS) is 11.0. The van der Waals surface area contributed by atoms with Crippen LogP contribution < -0.4 is 5.32 Å². The van der Waals surface area contributed by atoms with Gasteiger partial charge in [0.25, 0.3) is 5.91 Å². The van der Waals surface area contributed by atoms with Gasteiger partial charge in [0.2, 0.25) is 0 Å². The summed E-state index contributed by atoms with van der Waals surface area (Å²) >= 11 is 0. The Labute approximate surface area is 151 Å². The number of fused-ring (bicyclic) bond motifs is 1. The molecule has 0 fully saturated rings. The molecule has 6 heteroatoms. The Morgan fingerprint density at radius 2 is 1.96 bits per heavy atom. The third-order valence-electron chi connectivity index (χ3n) is 4.38. The number of nitrogens with zero attached hydrogens (tertiary/aromatic N) is 4. The van der Waals surface area contributed by atoms with Crippen LogP contribution in [0.3, 0.4) is 0 Å². The van der Waals surface area contributed by atoms with Crippen LogP contribution in [-0.4, -0.2) is 25.1 Å². The lowest BCUT2D eigenvalue weighted by molar-refractivity contribution is 0.0944. The van der Waals surface area contributed by atoms with Crippen molar-refractivity contribution < 1.29 is 4.79 Å². The van der Waals surface area contributed by atoms with E-state index in [9.17, 15) is 4.79 Å². The molecule has 130 valence electrons. The van der Waals surface area contributed by atoms with Gasteiger partial charge in [-0.25, -0.2) is 4.98 Å². The first-order chi connectivity index (χ1) is 12.6. The van der Waals surface area contributed by atoms with E-state index < -0.39 is 0 Å². The highest BCUT2D eigenvalue weighted by atomic mass is 16.1. The molecule has 0 aliphatic carbocycles. The number of benzene rings is 1. The zero-order valence-corrected chi connectivity index (χ0v) is 14.7. The summed E-state index contributed by atoms with van der Waals surface area (Å²) in [5.41, 5.74) is 4.52. The molecule has 0 aliphatic heterocycles. The fourth-order valence-corrected chi connectivity index (χ4v) is 2.95. The van der Waals surface area contributed by atoms with Crippen molar-refractivity contribution >= 4 is 11.4 Å². The van der Waals surface area contributed by atoms with Crippen molar-refractivity contribution in [2.45, 2.75) is 13.5 Å². The van der Waals surface area contributed by atoms with Gasteiger partial charge in [0.05, 0.1) is 24.0 Å². The van der Waals surface area contributed by atoms with E-state index in [0.29, 0.717) is 12.2 Å². The summed E-state index contributed by atoms with van der Waals surface area (Å²) in [5.74, 6) is 0.565. The molecule has 0 unspecified atom stereocenters. The number of amides is 1. The second-order valence-electron chi connectivity index (χ2n) is 6.26. The Kier molecular flexibility index (Phi) is 4.01. The van der Waals surface area contributed by atoms with E-state index >= 15 is 0 Å². The summed E-state index contributed by atoms with van der Waals surface area (Å²) in [6.07, 6.45) is 3.72. The average Bonchev–Trinajstić information content (AvgIpc) is 3.24. The van der Waals surface area contributed by atoms with Gasteiger partial charge in [-0.15, -0.1) is 0 Å². The maximum absolute atomic E-state index is 12.5. The van der Waals surface area contributed by atoms with E-state index in [-0.39, 0.29) is 5.91 Å². The molecule has 1 N–H and O–H groups in total. The van der Waals surface area contributed by atoms with Gasteiger partial charge in [0.15, 0.2) is 5.69 Å². The second kappa shape index (κ2) is 6.48. The predicted octanol–water partition coefficient (Wildman–Crippen LogP) is 2.97. The third-order valence-corrected chi connectivity index (χ3v) is 4.38. The van der Waals surface area contributed by atoms with Crippen molar-refractivity contribution in [3.63, 3.8) is 0 Å². The summed E-state index contributed by atoms with van der Waals surface area (Å²) in [5, 5.41) is 7.25. The molecule has 3 heterocycles. The third kappa shape index (κ3) is 2.97. The van der Waals surface area contributed by atoms with Crippen molar-refractivity contribution in [2.75, 3.05) is 0 Å². The van der Waals surface area contributed by atoms with Gasteiger partial charge < -0.3 is 9.72 Å². The summed E-state index contributed by atoms with van der Waals surface area (Å²) in [6.45, 7) is 2.39. The Balaban J connectivity index is 1.52. The molecule has 0 aliphatic rings. The van der Waals surface area contributed by atoms with Crippen LogP contribution in [0.4, 0.5) is 0 Å². The largest absolute Gasteiger partial charge is 0.343 e. The maximum atomic E-state index is 12.5. The van der Waals surface area contributed by atoms with Crippen LogP contribution in [0.1, 0.15) is 21.9 Å². The Morgan fingerprint density at radius 3 is 2.77 bits per heavy atom. The number of carbonyl (C=O) groups is 1. The van der Waals surface area contributed by atoms with Crippen LogP contribution in [0.25, 0.3) is 16.8 Å². The molecule has 0 atom stereocenters. The minimum Gasteiger partial charge on any atom is -0.343 e. The number of imidazole rings is 1. The van der Waals surface area contributed by atoms with Gasteiger partial charge in [-0.1, -0.05) is 35.9 Å². The number of nitrogens with one attached hydrogen (secondary N) is 1. The maximum Gasteiger partial charge on any atom is 0.272 e. The fourth-order valence-electron chi connectivity index (χ4n) is 2.95. The molecular weight excluding hydrogens is 326 g/mol. The number of aryl methyl sites for hydroxylation is 2. The number of aromatic nitrogens is 4. The fraction of sp³-hybridized carbons (Fsp3) is 0.150. The first-order valence-electron chi connectivity index (χ1n) is 8.42. The predicted molar refractivity (Wildman–Crippen MR) is 99.7 cm³/mol. The molecule has 1 amide bonds. The lowest BCUT2D eigenvalue weighted by atomic mass is 10.1. The van der Waals surface area contributed by atoms with Crippen molar-refractivity contribution in [3.8, 4) is 11.3 Å². The molecular formula is C20H19N5O. The first kappa shape index (κ1) is 16.1. The Morgan fingerprint density at radius 1 is 1.15 bits per heavy atom. The van der Waals surface area contributed by atoms with Gasteiger partial charge >= 0.3 is 0 Å². The smallest absolute Gasteiger partial charge is 0.272 e. The molecule has 4 rings (SSSR count). The van der Waals surface area contributed by atoms with Crippen LogP contribution in [0.5, 0.6) is 0 Å². The van der Waals surface area contributed by atoms with Crippen LogP contribution in [0, 0.1) is 6.92 Å². The first-order valence-corrected chi connectivity index (χ1v) is 8.42. The van der Waals surface area contributed by atoms with Crippen LogP contribution >= 0.6 is 0 Å². The molecule has 1 aromatic carbocycles. The summed E-state index contributed by atoms with van der Waals surface area (Å²) in [6, 6.07) is 15.8. The molecule has 3 aromatic heterocycles. The van der Waals surface area contributed by atoms with E-state index in [1.54, 1.807) is 10.9 Å². The van der Waals surface area contributed by atoms with E-state index in [2.05, 4.69) is 15.4 Å². The zero-order chi connectivity index (χ0) is 18.1. The zero-order valence-electron chi connectivity index (χ0n) is 14.7. The average molecular weight is 345 g/mol. The summed E-state index contributed by atoms with van der Waals surface area (Å²) in [7, 11) is 1.84. The van der Waals surface area contributed by atoms with E-state index in [4.69, 9.17) is 0 Å². The van der Waals surface area contributed by atoms with Crippen LogP contribution in [0.2, 0.25) is 0 Å². The Hall–Kier alpha value is -3.41. The molecule has 0 spiro atoms. The second-order valence-corrected chi connectivity index (χ2v) is 6.26. The molecule has 0 saturated carbocycles. The summed E-state index contributed by atoms with van der Waals surface area (Å²) in [4.78, 5) is 16.9. The Bertz CT molecular complexity index is 1080. The lowest BCUT2D eigenvalue weighted by Crippen LogP contribution is -2.24. The van der Waals surface area contributed by atoms with E-state index in [1.807, 2.05) is 73.1 Å². The van der Waals surface area contributed by atoms with E-state index in [0.717, 1.165) is 22.6 Å². The molecule has 0 radical (unpaired) electrons. The minimum atomic E-state index is -0.216. The minimum absolute atomic E-state index is 0.216. The van der Waals surface area contributed by atoms with Crippen molar-refractivity contribution in [2.24, 2.45) is 7.05 Å². The van der Waals surface area contributed by atoms with Crippen molar-refractivity contribution in [1.82, 2.24) is 24.5 Å². The van der Waals surface area contributed by atoms with Crippen LogP contribution in [0.15, 0.2) is 60.9 Å². The highest BCUT2D eigenvalue weighted by Gasteiger charge is 2.14. The standard InChI is InChI=1S/C20H19N5O/c1-14-6-8-15(9-7-14)18-11-17(23-24(18)2)20(26)22-13-19-21-12-16-5-3-4-10-25(16)19/h3-12H,13H2,1-2H3,(H,22,26). The van der Waals surface area contributed by atoms with Gasteiger partial charge in [0, 0.05) is 13.2 Å². The van der Waals surface area contributed by atoms with Gasteiger partial charge in [-0.3, -0.25) is 9.48 Å². The highest BCUT2D eigenvalue weighted by Crippen LogP contribution is 2.20.